The zero-order valence-corrected chi connectivity index (χ0v) is 11.1. The number of rotatable bonds is 2. The first-order valence-electron chi connectivity index (χ1n) is 5.38. The van der Waals surface area contributed by atoms with Crippen LogP contribution in [0.15, 0.2) is 12.1 Å². The molecular formula is C13H12ClN3O. The summed E-state index contributed by atoms with van der Waals surface area (Å²) in [5.74, 6) is 1.34. The third-order valence-electron chi connectivity index (χ3n) is 2.68. The minimum absolute atomic E-state index is 0.339. The van der Waals surface area contributed by atoms with Crippen LogP contribution < -0.4 is 4.74 Å². The Morgan fingerprint density at radius 2 is 2.11 bits per heavy atom. The van der Waals surface area contributed by atoms with Crippen LogP contribution in [-0.2, 0) is 0 Å². The first-order valence-corrected chi connectivity index (χ1v) is 5.75. The number of benzene rings is 1. The Hall–Kier alpha value is -1.99. The third kappa shape index (κ3) is 2.05. The topological polar surface area (TPSA) is 61.7 Å². The molecule has 0 aliphatic heterocycles. The van der Waals surface area contributed by atoms with E-state index in [1.54, 1.807) is 20.1 Å². The zero-order valence-electron chi connectivity index (χ0n) is 10.3. The first-order chi connectivity index (χ1) is 8.56. The lowest BCUT2D eigenvalue weighted by Gasteiger charge is -2.09. The lowest BCUT2D eigenvalue weighted by molar-refractivity contribution is 0.416. The summed E-state index contributed by atoms with van der Waals surface area (Å²) in [5.41, 5.74) is 2.64. The largest absolute Gasteiger partial charge is 0.496 e. The second-order valence-electron chi connectivity index (χ2n) is 3.96. The summed E-state index contributed by atoms with van der Waals surface area (Å²) in [6.45, 7) is 3.70. The lowest BCUT2D eigenvalue weighted by atomic mass is 10.1. The minimum atomic E-state index is 0.339. The third-order valence-corrected chi connectivity index (χ3v) is 3.09. The molecule has 0 amide bonds. The van der Waals surface area contributed by atoms with E-state index in [0.717, 1.165) is 11.1 Å². The number of aromatic nitrogens is 2. The van der Waals surface area contributed by atoms with E-state index in [2.05, 4.69) is 16.0 Å². The fourth-order valence-corrected chi connectivity index (χ4v) is 1.95. The maximum Gasteiger partial charge on any atom is 0.166 e. The van der Waals surface area contributed by atoms with Gasteiger partial charge in [0.25, 0.3) is 0 Å². The van der Waals surface area contributed by atoms with E-state index in [-0.39, 0.29) is 0 Å². The van der Waals surface area contributed by atoms with Gasteiger partial charge in [0.1, 0.15) is 17.6 Å². The van der Waals surface area contributed by atoms with Gasteiger partial charge < -0.3 is 9.72 Å². The Balaban J connectivity index is 2.70. The number of ether oxygens (including phenoxy) is 1. The molecule has 1 aromatic heterocycles. The fraction of sp³-hybridized carbons (Fsp3) is 0.231. The van der Waals surface area contributed by atoms with E-state index < -0.39 is 0 Å². The number of aryl methyl sites for hydroxylation is 2. The molecule has 1 aromatic carbocycles. The second-order valence-corrected chi connectivity index (χ2v) is 4.37. The Kier molecular flexibility index (Phi) is 3.26. The highest BCUT2D eigenvalue weighted by molar-refractivity contribution is 6.31. The molecule has 0 aliphatic rings. The van der Waals surface area contributed by atoms with Gasteiger partial charge in [-0.05, 0) is 31.5 Å². The Labute approximate surface area is 110 Å². The first kappa shape index (κ1) is 12.5. The molecule has 92 valence electrons. The van der Waals surface area contributed by atoms with Crippen molar-refractivity contribution in [3.8, 4) is 23.1 Å². The van der Waals surface area contributed by atoms with Crippen LogP contribution in [0, 0.1) is 25.2 Å². The van der Waals surface area contributed by atoms with Gasteiger partial charge in [0.15, 0.2) is 5.69 Å². The van der Waals surface area contributed by atoms with Gasteiger partial charge in [0.05, 0.1) is 12.8 Å². The zero-order chi connectivity index (χ0) is 13.3. The quantitative estimate of drug-likeness (QED) is 0.903. The van der Waals surface area contributed by atoms with Gasteiger partial charge in [0, 0.05) is 10.6 Å². The average Bonchev–Trinajstić information content (AvgIpc) is 2.73. The van der Waals surface area contributed by atoms with Crippen molar-refractivity contribution in [2.75, 3.05) is 7.11 Å². The van der Waals surface area contributed by atoms with Crippen LogP contribution in [0.5, 0.6) is 5.75 Å². The Morgan fingerprint density at radius 3 is 2.72 bits per heavy atom. The van der Waals surface area contributed by atoms with E-state index in [0.29, 0.717) is 28.0 Å². The molecule has 0 aliphatic carbocycles. The van der Waals surface area contributed by atoms with E-state index >= 15 is 0 Å². The molecule has 2 aromatic rings. The molecule has 0 saturated carbocycles. The van der Waals surface area contributed by atoms with Crippen LogP contribution in [0.1, 0.15) is 17.1 Å². The second kappa shape index (κ2) is 4.71. The van der Waals surface area contributed by atoms with Crippen molar-refractivity contribution in [2.24, 2.45) is 0 Å². The van der Waals surface area contributed by atoms with Crippen molar-refractivity contribution in [1.29, 1.82) is 5.26 Å². The highest BCUT2D eigenvalue weighted by Gasteiger charge is 2.16. The van der Waals surface area contributed by atoms with Gasteiger partial charge in [-0.2, -0.15) is 5.26 Å². The normalized spacial score (nSPS) is 10.2. The van der Waals surface area contributed by atoms with Crippen LogP contribution in [-0.4, -0.2) is 17.1 Å². The molecule has 18 heavy (non-hydrogen) atoms. The summed E-state index contributed by atoms with van der Waals surface area (Å²) in [7, 11) is 1.58. The summed E-state index contributed by atoms with van der Waals surface area (Å²) in [6.07, 6.45) is 0. The molecule has 2 rings (SSSR count). The van der Waals surface area contributed by atoms with E-state index in [1.807, 2.05) is 13.0 Å². The molecule has 0 fully saturated rings. The number of nitrogens with zero attached hydrogens (tertiary/aromatic N) is 2. The standard InChI is InChI=1S/C13H12ClN3O/c1-7-4-12(18-3)9(5-10(7)14)13-11(6-15)16-8(2)17-13/h4-5H,1-3H3,(H,16,17). The van der Waals surface area contributed by atoms with E-state index in [1.165, 1.54) is 0 Å². The van der Waals surface area contributed by atoms with Crippen molar-refractivity contribution < 1.29 is 4.74 Å². The van der Waals surface area contributed by atoms with Gasteiger partial charge in [-0.15, -0.1) is 0 Å². The summed E-state index contributed by atoms with van der Waals surface area (Å²) in [5, 5.41) is 9.70. The number of methoxy groups -OCH3 is 1. The Morgan fingerprint density at radius 1 is 1.39 bits per heavy atom. The molecule has 0 spiro atoms. The molecule has 1 heterocycles. The van der Waals surface area contributed by atoms with Crippen molar-refractivity contribution in [3.05, 3.63) is 34.2 Å². The molecule has 5 heteroatoms. The van der Waals surface area contributed by atoms with Crippen molar-refractivity contribution in [2.45, 2.75) is 13.8 Å². The number of nitrogens with one attached hydrogen (secondary N) is 1. The smallest absolute Gasteiger partial charge is 0.166 e. The molecule has 0 atom stereocenters. The maximum absolute atomic E-state index is 9.07. The number of halogens is 1. The average molecular weight is 262 g/mol. The fourth-order valence-electron chi connectivity index (χ4n) is 1.79. The predicted molar refractivity (Wildman–Crippen MR) is 69.8 cm³/mol. The molecule has 1 N–H and O–H groups in total. The van der Waals surface area contributed by atoms with Crippen molar-refractivity contribution >= 4 is 11.6 Å². The van der Waals surface area contributed by atoms with Crippen LogP contribution in [0.4, 0.5) is 0 Å². The number of hydrogen-bond donors (Lipinski definition) is 1. The SMILES string of the molecule is COc1cc(C)c(Cl)cc1-c1[nH]c(C)nc1C#N. The lowest BCUT2D eigenvalue weighted by Crippen LogP contribution is -1.92. The summed E-state index contributed by atoms with van der Waals surface area (Å²) in [6, 6.07) is 5.68. The number of H-pyrrole nitrogens is 1. The number of hydrogen-bond acceptors (Lipinski definition) is 3. The number of nitriles is 1. The van der Waals surface area contributed by atoms with Gasteiger partial charge in [-0.1, -0.05) is 11.6 Å². The van der Waals surface area contributed by atoms with Crippen LogP contribution in [0.2, 0.25) is 5.02 Å². The van der Waals surface area contributed by atoms with E-state index in [9.17, 15) is 0 Å². The number of aromatic amines is 1. The highest BCUT2D eigenvalue weighted by atomic mass is 35.5. The predicted octanol–water partition coefficient (Wildman–Crippen LogP) is 3.23. The van der Waals surface area contributed by atoms with Crippen LogP contribution in [0.3, 0.4) is 0 Å². The molecular weight excluding hydrogens is 250 g/mol. The highest BCUT2D eigenvalue weighted by Crippen LogP contribution is 2.35. The molecule has 0 radical (unpaired) electrons. The molecule has 4 nitrogen and oxygen atoms in total. The monoisotopic (exact) mass is 261 g/mol. The molecule has 0 unspecified atom stereocenters. The summed E-state index contributed by atoms with van der Waals surface area (Å²) < 4.78 is 5.33. The van der Waals surface area contributed by atoms with Gasteiger partial charge >= 0.3 is 0 Å². The summed E-state index contributed by atoms with van der Waals surface area (Å²) >= 11 is 6.12. The van der Waals surface area contributed by atoms with Gasteiger partial charge in [0.2, 0.25) is 0 Å². The molecule has 0 bridgehead atoms. The number of imidazole rings is 1. The summed E-state index contributed by atoms with van der Waals surface area (Å²) in [4.78, 5) is 7.18. The van der Waals surface area contributed by atoms with Gasteiger partial charge in [-0.3, -0.25) is 0 Å². The van der Waals surface area contributed by atoms with Crippen LogP contribution in [0.25, 0.3) is 11.3 Å². The van der Waals surface area contributed by atoms with Crippen LogP contribution >= 0.6 is 11.6 Å². The van der Waals surface area contributed by atoms with Crippen molar-refractivity contribution in [1.82, 2.24) is 9.97 Å². The van der Waals surface area contributed by atoms with Gasteiger partial charge in [-0.25, -0.2) is 4.98 Å². The molecule has 0 saturated heterocycles. The van der Waals surface area contributed by atoms with Crippen molar-refractivity contribution in [3.63, 3.8) is 0 Å². The maximum atomic E-state index is 9.07. The van der Waals surface area contributed by atoms with E-state index in [4.69, 9.17) is 21.6 Å². The minimum Gasteiger partial charge on any atom is -0.496 e. The Bertz CT molecular complexity index is 640.